The fourth-order valence-corrected chi connectivity index (χ4v) is 5.59. The third kappa shape index (κ3) is 2.84. The van der Waals surface area contributed by atoms with Crippen LogP contribution in [0.1, 0.15) is 0 Å². The van der Waals surface area contributed by atoms with Gasteiger partial charge in [0.2, 0.25) is 5.95 Å². The molecule has 0 atom stereocenters. The third-order valence-corrected chi connectivity index (χ3v) is 7.35. The summed E-state index contributed by atoms with van der Waals surface area (Å²) in [5, 5.41) is 11.4. The van der Waals surface area contributed by atoms with E-state index in [0.717, 1.165) is 26.9 Å². The van der Waals surface area contributed by atoms with Crippen LogP contribution in [0.25, 0.3) is 70.7 Å². The lowest BCUT2D eigenvalue weighted by atomic mass is 9.94. The van der Waals surface area contributed by atoms with Gasteiger partial charge in [-0.3, -0.25) is 4.79 Å². The van der Waals surface area contributed by atoms with Gasteiger partial charge in [0.15, 0.2) is 11.2 Å². The van der Waals surface area contributed by atoms with E-state index in [4.69, 9.17) is 5.73 Å². The van der Waals surface area contributed by atoms with Crippen LogP contribution in [0.3, 0.4) is 0 Å². The van der Waals surface area contributed by atoms with E-state index >= 15 is 0 Å². The summed E-state index contributed by atoms with van der Waals surface area (Å²) in [6.45, 7) is 0. The highest BCUT2D eigenvalue weighted by Crippen LogP contribution is 2.35. The van der Waals surface area contributed by atoms with E-state index in [1.807, 2.05) is 12.1 Å². The summed E-state index contributed by atoms with van der Waals surface area (Å²) in [6.07, 6.45) is 1.46. The maximum absolute atomic E-state index is 13.3. The van der Waals surface area contributed by atoms with Gasteiger partial charge in [-0.05, 0) is 90.9 Å². The molecule has 6 heteroatoms. The van der Waals surface area contributed by atoms with Crippen LogP contribution in [-0.4, -0.2) is 19.5 Å². The molecule has 3 N–H and O–H groups in total. The van der Waals surface area contributed by atoms with Crippen LogP contribution in [0.5, 0.6) is 0 Å². The van der Waals surface area contributed by atoms with Crippen LogP contribution in [0, 0.1) is 0 Å². The molecule has 0 aliphatic rings. The zero-order valence-corrected chi connectivity index (χ0v) is 19.6. The van der Waals surface area contributed by atoms with Crippen molar-refractivity contribution in [2.24, 2.45) is 0 Å². The second-order valence-corrected chi connectivity index (χ2v) is 9.47. The molecule has 0 bridgehead atoms. The SMILES string of the molecule is Nc1nc2[nH]cnc2c(=O)n1-c1cccc2cc3ccc4cc5cc6ccccc6cc5cc4c3cc12. The highest BCUT2D eigenvalue weighted by Gasteiger charge is 2.15. The molecule has 0 spiro atoms. The van der Waals surface area contributed by atoms with Gasteiger partial charge in [0.05, 0.1) is 12.0 Å². The zero-order chi connectivity index (χ0) is 24.7. The van der Waals surface area contributed by atoms with Gasteiger partial charge in [-0.2, -0.15) is 4.98 Å². The fourth-order valence-electron chi connectivity index (χ4n) is 5.59. The Morgan fingerprint density at radius 3 is 2.05 bits per heavy atom. The second-order valence-electron chi connectivity index (χ2n) is 9.47. The Kier molecular flexibility index (Phi) is 3.87. The average molecular weight is 478 g/mol. The minimum Gasteiger partial charge on any atom is -0.369 e. The number of aromatic nitrogens is 4. The van der Waals surface area contributed by atoms with Crippen molar-refractivity contribution in [1.29, 1.82) is 0 Å². The van der Waals surface area contributed by atoms with Gasteiger partial charge in [0.1, 0.15) is 0 Å². The van der Waals surface area contributed by atoms with Crippen LogP contribution in [0.4, 0.5) is 5.95 Å². The van der Waals surface area contributed by atoms with Crippen LogP contribution in [0.2, 0.25) is 0 Å². The van der Waals surface area contributed by atoms with Gasteiger partial charge in [0.25, 0.3) is 5.56 Å². The number of nitrogens with zero attached hydrogens (tertiary/aromatic N) is 3. The summed E-state index contributed by atoms with van der Waals surface area (Å²) in [5.74, 6) is 0.116. The standard InChI is InChI=1S/C31H19N5O/c32-31-35-29-28(33-16-34-29)30(37)36(31)27-7-3-6-19-12-20-8-9-21-13-22-10-17-4-1-2-5-18(17)11-23(22)14-24(21)25(20)15-26(19)27/h1-16H,(H2,32,35)(H,33,34). The Balaban J connectivity index is 1.47. The molecular weight excluding hydrogens is 458 g/mol. The predicted octanol–water partition coefficient (Wildman–Crippen LogP) is 6.46. The van der Waals surface area contributed by atoms with E-state index in [-0.39, 0.29) is 17.0 Å². The summed E-state index contributed by atoms with van der Waals surface area (Å²) in [6, 6.07) is 32.0. The molecule has 6 nitrogen and oxygen atoms in total. The predicted molar refractivity (Wildman–Crippen MR) is 151 cm³/mol. The first-order valence-corrected chi connectivity index (χ1v) is 12.1. The third-order valence-electron chi connectivity index (χ3n) is 7.35. The second kappa shape index (κ2) is 7.15. The monoisotopic (exact) mass is 477 g/mol. The van der Waals surface area contributed by atoms with Gasteiger partial charge in [-0.15, -0.1) is 0 Å². The van der Waals surface area contributed by atoms with E-state index in [0.29, 0.717) is 11.3 Å². The number of benzene rings is 6. The number of aromatic amines is 1. The highest BCUT2D eigenvalue weighted by molar-refractivity contribution is 6.17. The molecule has 2 aromatic heterocycles. The van der Waals surface area contributed by atoms with E-state index in [1.54, 1.807) is 0 Å². The number of nitrogens with two attached hydrogens (primary N) is 1. The van der Waals surface area contributed by atoms with Gasteiger partial charge in [-0.1, -0.05) is 48.5 Å². The molecular formula is C31H19N5O. The Morgan fingerprint density at radius 2 is 1.27 bits per heavy atom. The Hall–Kier alpha value is -5.23. The molecule has 0 amide bonds. The summed E-state index contributed by atoms with van der Waals surface area (Å²) in [7, 11) is 0. The molecule has 2 heterocycles. The molecule has 8 rings (SSSR count). The molecule has 174 valence electrons. The number of fused-ring (bicyclic) bond motifs is 7. The van der Waals surface area contributed by atoms with E-state index < -0.39 is 0 Å². The highest BCUT2D eigenvalue weighted by atomic mass is 16.1. The minimum absolute atomic E-state index is 0.116. The van der Waals surface area contributed by atoms with Crippen molar-refractivity contribution < 1.29 is 0 Å². The summed E-state index contributed by atoms with van der Waals surface area (Å²) >= 11 is 0. The topological polar surface area (TPSA) is 89.6 Å². The smallest absolute Gasteiger partial charge is 0.287 e. The lowest BCUT2D eigenvalue weighted by Gasteiger charge is -2.14. The van der Waals surface area contributed by atoms with Gasteiger partial charge in [0, 0.05) is 5.39 Å². The summed E-state index contributed by atoms with van der Waals surface area (Å²) in [4.78, 5) is 24.7. The fraction of sp³-hybridized carbons (Fsp3) is 0. The quantitative estimate of drug-likeness (QED) is 0.210. The number of anilines is 1. The molecule has 37 heavy (non-hydrogen) atoms. The Morgan fingerprint density at radius 1 is 0.649 bits per heavy atom. The molecule has 0 saturated carbocycles. The molecule has 0 fully saturated rings. The van der Waals surface area contributed by atoms with E-state index in [2.05, 4.69) is 93.8 Å². The number of hydrogen-bond donors (Lipinski definition) is 2. The minimum atomic E-state index is -0.299. The molecule has 0 saturated heterocycles. The van der Waals surface area contributed by atoms with Crippen molar-refractivity contribution in [3.05, 3.63) is 108 Å². The first-order valence-electron chi connectivity index (χ1n) is 12.1. The first kappa shape index (κ1) is 20.0. The Bertz CT molecular complexity index is 2290. The van der Waals surface area contributed by atoms with Crippen molar-refractivity contribution in [3.8, 4) is 5.69 Å². The van der Waals surface area contributed by atoms with Gasteiger partial charge >= 0.3 is 0 Å². The van der Waals surface area contributed by atoms with Crippen molar-refractivity contribution in [1.82, 2.24) is 19.5 Å². The van der Waals surface area contributed by atoms with Crippen LogP contribution in [-0.2, 0) is 0 Å². The normalized spacial score (nSPS) is 12.0. The molecule has 0 aliphatic heterocycles. The number of imidazole rings is 1. The number of H-pyrrole nitrogens is 1. The van der Waals surface area contributed by atoms with Crippen LogP contribution in [0.15, 0.2) is 102 Å². The summed E-state index contributed by atoms with van der Waals surface area (Å²) < 4.78 is 1.45. The lowest BCUT2D eigenvalue weighted by molar-refractivity contribution is 0.985. The van der Waals surface area contributed by atoms with E-state index in [1.165, 1.54) is 37.8 Å². The van der Waals surface area contributed by atoms with Crippen molar-refractivity contribution in [3.63, 3.8) is 0 Å². The van der Waals surface area contributed by atoms with Gasteiger partial charge < -0.3 is 10.7 Å². The Labute approximate surface area is 209 Å². The van der Waals surface area contributed by atoms with Crippen molar-refractivity contribution in [2.75, 3.05) is 5.73 Å². The zero-order valence-electron chi connectivity index (χ0n) is 19.6. The molecule has 8 aromatic rings. The van der Waals surface area contributed by atoms with Gasteiger partial charge in [-0.25, -0.2) is 9.55 Å². The molecule has 0 aliphatic carbocycles. The van der Waals surface area contributed by atoms with Crippen molar-refractivity contribution >= 4 is 71.0 Å². The number of rotatable bonds is 1. The summed E-state index contributed by atoms with van der Waals surface area (Å²) in [5.41, 5.74) is 7.31. The first-order chi connectivity index (χ1) is 18.1. The van der Waals surface area contributed by atoms with Crippen LogP contribution < -0.4 is 11.3 Å². The average Bonchev–Trinajstić information content (AvgIpc) is 3.38. The van der Waals surface area contributed by atoms with Crippen LogP contribution >= 0.6 is 0 Å². The van der Waals surface area contributed by atoms with Crippen molar-refractivity contribution in [2.45, 2.75) is 0 Å². The van der Waals surface area contributed by atoms with E-state index in [9.17, 15) is 4.79 Å². The number of nitrogen functional groups attached to an aromatic ring is 1. The molecule has 0 radical (unpaired) electrons. The maximum atomic E-state index is 13.3. The maximum Gasteiger partial charge on any atom is 0.287 e. The molecule has 0 unspecified atom stereocenters. The lowest BCUT2D eigenvalue weighted by Crippen LogP contribution is -2.23. The molecule has 6 aromatic carbocycles. The number of nitrogens with one attached hydrogen (secondary N) is 1. The largest absolute Gasteiger partial charge is 0.369 e. The number of hydrogen-bond acceptors (Lipinski definition) is 4.